The maximum atomic E-state index is 13.8. The van der Waals surface area contributed by atoms with E-state index in [1.54, 1.807) is 0 Å². The van der Waals surface area contributed by atoms with Crippen LogP contribution in [0.2, 0.25) is 5.02 Å². The molecule has 2 amide bonds. The zero-order valence-corrected chi connectivity index (χ0v) is 14.7. The lowest BCUT2D eigenvalue weighted by molar-refractivity contribution is -0.130. The topological polar surface area (TPSA) is 67.4 Å². The van der Waals surface area contributed by atoms with Gasteiger partial charge < -0.3 is 15.4 Å². The highest BCUT2D eigenvalue weighted by atomic mass is 35.5. The Hall–Kier alpha value is -2.74. The van der Waals surface area contributed by atoms with Crippen molar-refractivity contribution in [2.24, 2.45) is 5.92 Å². The van der Waals surface area contributed by atoms with Crippen LogP contribution in [0.5, 0.6) is 5.75 Å². The van der Waals surface area contributed by atoms with E-state index < -0.39 is 41.1 Å². The van der Waals surface area contributed by atoms with Crippen LogP contribution in [0, 0.1) is 23.4 Å². The molecule has 27 heavy (non-hydrogen) atoms. The van der Waals surface area contributed by atoms with Crippen molar-refractivity contribution in [2.45, 2.75) is 5.92 Å². The summed E-state index contributed by atoms with van der Waals surface area (Å²) in [7, 11) is 1.24. The van der Waals surface area contributed by atoms with Gasteiger partial charge in [0.2, 0.25) is 11.8 Å². The molecule has 142 valence electrons. The molecule has 0 aliphatic carbocycles. The lowest BCUT2D eigenvalue weighted by Gasteiger charge is -2.19. The fourth-order valence-corrected chi connectivity index (χ4v) is 3.41. The van der Waals surface area contributed by atoms with Gasteiger partial charge in [-0.05, 0) is 23.8 Å². The van der Waals surface area contributed by atoms with E-state index in [-0.39, 0.29) is 23.0 Å². The van der Waals surface area contributed by atoms with E-state index in [4.69, 9.17) is 16.3 Å². The Bertz CT molecular complexity index is 923. The standard InChI is InChI=1S/C18H14ClF3N2O3/c1-27-16-11(21)6-5-8(14(16)19)9-7-23-17(25)13(9)18(26)24-12-4-2-3-10(20)15(12)22/h2-6,9,13H,7H2,1H3,(H,23,25)(H,24,26)/t9-,13-/m1/s1. The molecule has 1 saturated heterocycles. The van der Waals surface area contributed by atoms with Gasteiger partial charge in [0, 0.05) is 12.5 Å². The van der Waals surface area contributed by atoms with Crippen LogP contribution in [0.1, 0.15) is 11.5 Å². The summed E-state index contributed by atoms with van der Waals surface area (Å²) in [6.07, 6.45) is 0. The molecular weight excluding hydrogens is 385 g/mol. The Labute approximate surface area is 157 Å². The molecule has 0 radical (unpaired) electrons. The first-order chi connectivity index (χ1) is 12.8. The monoisotopic (exact) mass is 398 g/mol. The van der Waals surface area contributed by atoms with Crippen molar-refractivity contribution in [1.29, 1.82) is 0 Å². The predicted molar refractivity (Wildman–Crippen MR) is 92.2 cm³/mol. The van der Waals surface area contributed by atoms with Crippen LogP contribution >= 0.6 is 11.6 Å². The van der Waals surface area contributed by atoms with E-state index in [2.05, 4.69) is 10.6 Å². The van der Waals surface area contributed by atoms with Crippen molar-refractivity contribution in [1.82, 2.24) is 5.32 Å². The molecule has 0 unspecified atom stereocenters. The second kappa shape index (κ2) is 7.48. The molecule has 0 spiro atoms. The molecule has 0 aromatic heterocycles. The molecule has 2 aromatic rings. The van der Waals surface area contributed by atoms with Gasteiger partial charge in [-0.1, -0.05) is 23.7 Å². The lowest BCUT2D eigenvalue weighted by Crippen LogP contribution is -2.32. The average Bonchev–Trinajstić information content (AvgIpc) is 3.01. The first-order valence-electron chi connectivity index (χ1n) is 7.89. The number of carbonyl (C=O) groups excluding carboxylic acids is 2. The third-order valence-electron chi connectivity index (χ3n) is 4.36. The minimum Gasteiger partial charge on any atom is -0.492 e. The van der Waals surface area contributed by atoms with Crippen molar-refractivity contribution < 1.29 is 27.5 Å². The third kappa shape index (κ3) is 3.44. The summed E-state index contributed by atoms with van der Waals surface area (Å²) >= 11 is 6.17. The van der Waals surface area contributed by atoms with Gasteiger partial charge in [-0.2, -0.15) is 0 Å². The Kier molecular flexibility index (Phi) is 5.27. The first kappa shape index (κ1) is 19.0. The number of anilines is 1. The number of ether oxygens (including phenoxy) is 1. The van der Waals surface area contributed by atoms with Crippen molar-refractivity contribution in [3.05, 3.63) is 58.4 Å². The third-order valence-corrected chi connectivity index (χ3v) is 4.75. The number of benzene rings is 2. The van der Waals surface area contributed by atoms with Crippen LogP contribution in [0.25, 0.3) is 0 Å². The van der Waals surface area contributed by atoms with E-state index >= 15 is 0 Å². The van der Waals surface area contributed by atoms with Crippen LogP contribution < -0.4 is 15.4 Å². The minimum atomic E-state index is -1.26. The summed E-state index contributed by atoms with van der Waals surface area (Å²) < 4.78 is 45.8. The summed E-state index contributed by atoms with van der Waals surface area (Å²) in [5, 5.41) is 4.69. The molecule has 1 aliphatic heterocycles. The van der Waals surface area contributed by atoms with Crippen LogP contribution in [0.15, 0.2) is 30.3 Å². The molecule has 1 heterocycles. The highest BCUT2D eigenvalue weighted by Crippen LogP contribution is 2.39. The second-order valence-corrected chi connectivity index (χ2v) is 6.28. The highest BCUT2D eigenvalue weighted by Gasteiger charge is 2.42. The normalized spacial score (nSPS) is 18.9. The minimum absolute atomic E-state index is 0.0614. The Morgan fingerprint density at radius 2 is 1.96 bits per heavy atom. The molecule has 0 bridgehead atoms. The van der Waals surface area contributed by atoms with Gasteiger partial charge in [-0.3, -0.25) is 9.59 Å². The molecule has 2 N–H and O–H groups in total. The van der Waals surface area contributed by atoms with Gasteiger partial charge in [-0.15, -0.1) is 0 Å². The molecule has 3 rings (SSSR count). The van der Waals surface area contributed by atoms with E-state index in [0.29, 0.717) is 5.56 Å². The Morgan fingerprint density at radius 3 is 2.67 bits per heavy atom. The maximum Gasteiger partial charge on any atom is 0.237 e. The van der Waals surface area contributed by atoms with Crippen molar-refractivity contribution in [3.8, 4) is 5.75 Å². The van der Waals surface area contributed by atoms with E-state index in [1.165, 1.54) is 25.3 Å². The number of hydrogen-bond acceptors (Lipinski definition) is 3. The number of amides is 2. The zero-order chi connectivity index (χ0) is 19.7. The zero-order valence-electron chi connectivity index (χ0n) is 14.0. The molecular formula is C18H14ClF3N2O3. The fourth-order valence-electron chi connectivity index (χ4n) is 3.04. The average molecular weight is 399 g/mol. The Morgan fingerprint density at radius 1 is 1.22 bits per heavy atom. The quantitative estimate of drug-likeness (QED) is 0.777. The van der Waals surface area contributed by atoms with Crippen LogP contribution in [0.3, 0.4) is 0 Å². The van der Waals surface area contributed by atoms with E-state index in [9.17, 15) is 22.8 Å². The van der Waals surface area contributed by atoms with Gasteiger partial charge in [0.1, 0.15) is 5.92 Å². The van der Waals surface area contributed by atoms with Gasteiger partial charge in [-0.25, -0.2) is 13.2 Å². The molecule has 2 aromatic carbocycles. The van der Waals surface area contributed by atoms with Gasteiger partial charge in [0.25, 0.3) is 0 Å². The fraction of sp³-hybridized carbons (Fsp3) is 0.222. The van der Waals surface area contributed by atoms with E-state index in [0.717, 1.165) is 12.1 Å². The maximum absolute atomic E-state index is 13.8. The predicted octanol–water partition coefficient (Wildman–Crippen LogP) is 3.23. The van der Waals surface area contributed by atoms with Crippen LogP contribution in [0.4, 0.5) is 18.9 Å². The number of hydrogen-bond donors (Lipinski definition) is 2. The highest BCUT2D eigenvalue weighted by molar-refractivity contribution is 6.33. The largest absolute Gasteiger partial charge is 0.492 e. The van der Waals surface area contributed by atoms with Crippen LogP contribution in [-0.2, 0) is 9.59 Å². The lowest BCUT2D eigenvalue weighted by atomic mass is 9.87. The summed E-state index contributed by atoms with van der Waals surface area (Å²) in [6.45, 7) is 0.0665. The van der Waals surface area contributed by atoms with E-state index in [1.807, 2.05) is 0 Å². The van der Waals surface area contributed by atoms with Crippen LogP contribution in [-0.4, -0.2) is 25.5 Å². The number of rotatable bonds is 4. The Balaban J connectivity index is 1.93. The molecule has 1 aliphatic rings. The summed E-state index contributed by atoms with van der Waals surface area (Å²) in [6, 6.07) is 5.77. The summed E-state index contributed by atoms with van der Waals surface area (Å²) in [5.74, 6) is -6.70. The van der Waals surface area contributed by atoms with Gasteiger partial charge >= 0.3 is 0 Å². The smallest absolute Gasteiger partial charge is 0.237 e. The summed E-state index contributed by atoms with van der Waals surface area (Å²) in [4.78, 5) is 24.8. The first-order valence-corrected chi connectivity index (χ1v) is 8.27. The molecule has 9 heteroatoms. The van der Waals surface area contributed by atoms with Crippen molar-refractivity contribution in [2.75, 3.05) is 19.0 Å². The number of methoxy groups -OCH3 is 1. The molecule has 2 atom stereocenters. The molecule has 1 fully saturated rings. The van der Waals surface area contributed by atoms with Crippen molar-refractivity contribution in [3.63, 3.8) is 0 Å². The number of nitrogens with one attached hydrogen (secondary N) is 2. The van der Waals surface area contributed by atoms with Crippen molar-refractivity contribution >= 4 is 29.1 Å². The summed E-state index contributed by atoms with van der Waals surface area (Å²) in [5.41, 5.74) is -0.0608. The number of carbonyl (C=O) groups is 2. The van der Waals surface area contributed by atoms with Gasteiger partial charge in [0.05, 0.1) is 17.8 Å². The molecule has 5 nitrogen and oxygen atoms in total. The van der Waals surface area contributed by atoms with Gasteiger partial charge in [0.15, 0.2) is 23.2 Å². The number of halogens is 4. The molecule has 0 saturated carbocycles. The second-order valence-electron chi connectivity index (χ2n) is 5.90. The SMILES string of the molecule is COc1c(F)ccc([C@H]2CNC(=O)[C@@H]2C(=O)Nc2cccc(F)c2F)c1Cl.